The third kappa shape index (κ3) is 6.38. The Kier molecular flexibility index (Phi) is 5.94. The van der Waals surface area contributed by atoms with Gasteiger partial charge in [0.25, 0.3) is 0 Å². The van der Waals surface area contributed by atoms with Crippen molar-refractivity contribution in [1.29, 1.82) is 0 Å². The molecule has 8 heteroatoms. The first kappa shape index (κ1) is 13.9. The molecule has 0 aliphatic carbocycles. The van der Waals surface area contributed by atoms with Crippen LogP contribution in [0.4, 0.5) is 0 Å². The van der Waals surface area contributed by atoms with Crippen LogP contribution in [0, 0.1) is 0 Å². The normalized spacial score (nSPS) is 16.5. The lowest BCUT2D eigenvalue weighted by Crippen LogP contribution is -2.32. The van der Waals surface area contributed by atoms with E-state index in [2.05, 4.69) is 0 Å². The lowest BCUT2D eigenvalue weighted by atomic mass is 10.3. The Morgan fingerprint density at radius 3 is 1.58 bits per heavy atom. The summed E-state index contributed by atoms with van der Waals surface area (Å²) in [6.07, 6.45) is -0.626. The van der Waals surface area contributed by atoms with Crippen LogP contribution in [0.5, 0.6) is 0 Å². The number of hydrogen-bond acceptors (Lipinski definition) is 1. The Balaban J connectivity index is 4.20. The van der Waals surface area contributed by atoms with E-state index in [9.17, 15) is 0 Å². The predicted octanol–water partition coefficient (Wildman–Crippen LogP) is 2.78. The van der Waals surface area contributed by atoms with E-state index in [1.807, 2.05) is 0 Å². The monoisotopic (exact) mass is 308 g/mol. The van der Waals surface area contributed by atoms with Gasteiger partial charge in [0, 0.05) is 6.42 Å². The van der Waals surface area contributed by atoms with Crippen LogP contribution in [0.3, 0.4) is 0 Å². The van der Waals surface area contributed by atoms with Gasteiger partial charge in [-0.05, 0) is 0 Å². The predicted molar refractivity (Wildman–Crippen MR) is 60.0 cm³/mol. The third-order valence-electron chi connectivity index (χ3n) is 1.07. The maximum absolute atomic E-state index is 5.56. The average molecular weight is 311 g/mol. The van der Waals surface area contributed by atoms with Gasteiger partial charge in [-0.3, -0.25) is 0 Å². The summed E-state index contributed by atoms with van der Waals surface area (Å²) in [7, 11) is 0.417. The first-order valence-electron chi connectivity index (χ1n) is 2.83. The van der Waals surface area contributed by atoms with Crippen molar-refractivity contribution >= 4 is 80.1 Å². The average Bonchev–Trinajstić information content (AvgIpc) is 1.78. The topological polar surface area (TPSA) is 9.23 Å². The summed E-state index contributed by atoms with van der Waals surface area (Å²) in [6, 6.07) is 0. The Morgan fingerprint density at radius 1 is 1.08 bits per heavy atom. The van der Waals surface area contributed by atoms with Crippen LogP contribution >= 0.6 is 69.6 Å². The van der Waals surface area contributed by atoms with Gasteiger partial charge >= 0.3 is 0 Å². The van der Waals surface area contributed by atoms with E-state index in [4.69, 9.17) is 74.0 Å². The van der Waals surface area contributed by atoms with Gasteiger partial charge in [0.2, 0.25) is 3.79 Å². The summed E-state index contributed by atoms with van der Waals surface area (Å²) < 4.78 is 1.97. The SMILES string of the molecule is [SiH3]OC(CC(Cl)(Cl)Cl)C(Cl)(Cl)Cl. The molecular weight excluding hydrogens is 305 g/mol. The van der Waals surface area contributed by atoms with Gasteiger partial charge in [-0.1, -0.05) is 69.6 Å². The van der Waals surface area contributed by atoms with Crippen molar-refractivity contribution < 1.29 is 4.43 Å². The highest BCUT2D eigenvalue weighted by atomic mass is 35.6. The zero-order valence-corrected chi connectivity index (χ0v) is 12.5. The van der Waals surface area contributed by atoms with E-state index in [0.717, 1.165) is 0 Å². The van der Waals surface area contributed by atoms with Gasteiger partial charge in [-0.15, -0.1) is 0 Å². The minimum Gasteiger partial charge on any atom is -0.421 e. The summed E-state index contributed by atoms with van der Waals surface area (Å²) in [5, 5.41) is 0. The second-order valence-electron chi connectivity index (χ2n) is 2.09. The molecule has 0 radical (unpaired) electrons. The largest absolute Gasteiger partial charge is 0.421 e. The van der Waals surface area contributed by atoms with Crippen molar-refractivity contribution in [2.45, 2.75) is 20.1 Å². The van der Waals surface area contributed by atoms with Crippen LogP contribution in [-0.2, 0) is 4.43 Å². The number of halogens is 6. The third-order valence-corrected chi connectivity index (χ3v) is 2.83. The number of hydrogen-bond donors (Lipinski definition) is 0. The zero-order chi connectivity index (χ0) is 9.99. The number of alkyl halides is 6. The summed E-state index contributed by atoms with van der Waals surface area (Å²) in [5.41, 5.74) is 0. The Labute approximate surface area is 104 Å². The van der Waals surface area contributed by atoms with Crippen molar-refractivity contribution in [3.63, 3.8) is 0 Å². The van der Waals surface area contributed by atoms with Crippen LogP contribution in [0.1, 0.15) is 6.42 Å². The maximum atomic E-state index is 5.56. The highest BCUT2D eigenvalue weighted by Crippen LogP contribution is 2.40. The van der Waals surface area contributed by atoms with Crippen molar-refractivity contribution in [1.82, 2.24) is 0 Å². The van der Waals surface area contributed by atoms with E-state index in [1.54, 1.807) is 0 Å². The van der Waals surface area contributed by atoms with E-state index in [0.29, 0.717) is 10.5 Å². The highest BCUT2D eigenvalue weighted by molar-refractivity contribution is 6.69. The molecule has 0 heterocycles. The first-order chi connectivity index (χ1) is 5.17. The quantitative estimate of drug-likeness (QED) is 0.563. The van der Waals surface area contributed by atoms with Gasteiger partial charge in [-0.2, -0.15) is 0 Å². The molecule has 0 rings (SSSR count). The van der Waals surface area contributed by atoms with Crippen molar-refractivity contribution in [2.24, 2.45) is 0 Å². The van der Waals surface area contributed by atoms with E-state index >= 15 is 0 Å². The smallest absolute Gasteiger partial charge is 0.215 e. The molecule has 0 aromatic carbocycles. The van der Waals surface area contributed by atoms with Gasteiger partial charge in [-0.25, -0.2) is 0 Å². The molecule has 0 N–H and O–H groups in total. The van der Waals surface area contributed by atoms with Crippen LogP contribution in [0.2, 0.25) is 0 Å². The van der Waals surface area contributed by atoms with E-state index < -0.39 is 13.7 Å². The molecular formula is C4H6Cl6OSi. The maximum Gasteiger partial charge on any atom is 0.215 e. The molecule has 1 nitrogen and oxygen atoms in total. The molecule has 0 bridgehead atoms. The first-order valence-corrected chi connectivity index (χ1v) is 5.91. The van der Waals surface area contributed by atoms with Gasteiger partial charge < -0.3 is 4.43 Å². The highest BCUT2D eigenvalue weighted by Gasteiger charge is 2.38. The molecule has 0 fully saturated rings. The molecule has 1 unspecified atom stereocenters. The molecule has 0 aromatic heterocycles. The molecule has 0 amide bonds. The molecule has 0 saturated heterocycles. The van der Waals surface area contributed by atoms with Gasteiger partial charge in [0.1, 0.15) is 10.5 Å². The van der Waals surface area contributed by atoms with Crippen LogP contribution in [0.15, 0.2) is 0 Å². The summed E-state index contributed by atoms with van der Waals surface area (Å²) in [6.45, 7) is 0. The Bertz CT molecular complexity index is 139. The summed E-state index contributed by atoms with van der Waals surface area (Å²) in [5.74, 6) is 0. The zero-order valence-electron chi connectivity index (χ0n) is 5.96. The van der Waals surface area contributed by atoms with Gasteiger partial charge in [0.15, 0.2) is 3.79 Å². The van der Waals surface area contributed by atoms with Crippen LogP contribution in [-0.4, -0.2) is 24.2 Å². The van der Waals surface area contributed by atoms with Crippen LogP contribution in [0.25, 0.3) is 0 Å². The lowest BCUT2D eigenvalue weighted by molar-refractivity contribution is 0.216. The van der Waals surface area contributed by atoms with Crippen molar-refractivity contribution in [2.75, 3.05) is 0 Å². The molecule has 0 spiro atoms. The fourth-order valence-electron chi connectivity index (χ4n) is 0.543. The number of rotatable bonds is 2. The summed E-state index contributed by atoms with van der Waals surface area (Å²) >= 11 is 33.2. The standard InChI is InChI=1S/C4H6Cl6OSi/c5-3(6,7)1-2(11-12)4(8,9)10/h2H,1H2,12H3. The second kappa shape index (κ2) is 5.13. The Hall–Kier alpha value is 1.92. The fraction of sp³-hybridized carbons (Fsp3) is 1.00. The minimum absolute atomic E-state index is 0.0532. The lowest BCUT2D eigenvalue weighted by Gasteiger charge is -2.26. The van der Waals surface area contributed by atoms with E-state index in [-0.39, 0.29) is 6.42 Å². The van der Waals surface area contributed by atoms with E-state index in [1.165, 1.54) is 0 Å². The second-order valence-corrected chi connectivity index (χ2v) is 7.44. The molecule has 0 aliphatic rings. The Morgan fingerprint density at radius 2 is 1.50 bits per heavy atom. The van der Waals surface area contributed by atoms with Gasteiger partial charge in [0.05, 0.1) is 6.10 Å². The molecule has 74 valence electrons. The summed E-state index contributed by atoms with van der Waals surface area (Å²) in [4.78, 5) is 0. The van der Waals surface area contributed by atoms with Crippen molar-refractivity contribution in [3.05, 3.63) is 0 Å². The molecule has 12 heavy (non-hydrogen) atoms. The van der Waals surface area contributed by atoms with Crippen LogP contribution < -0.4 is 0 Å². The molecule has 0 aliphatic heterocycles. The molecule has 1 atom stereocenters. The fourth-order valence-corrected chi connectivity index (χ4v) is 2.43. The molecule has 0 saturated carbocycles. The minimum atomic E-state index is -1.55. The van der Waals surface area contributed by atoms with Crippen molar-refractivity contribution in [3.8, 4) is 0 Å². The molecule has 0 aromatic rings.